The number of hydrogen-bond donors (Lipinski definition) is 0. The van der Waals surface area contributed by atoms with Gasteiger partial charge in [0, 0.05) is 6.07 Å². The Morgan fingerprint density at radius 2 is 2.00 bits per heavy atom. The molecule has 0 spiro atoms. The fraction of sp³-hybridized carbons (Fsp3) is 0.250. The van der Waals surface area contributed by atoms with Gasteiger partial charge in [0.2, 0.25) is 0 Å². The summed E-state index contributed by atoms with van der Waals surface area (Å²) >= 11 is 5.71. The van der Waals surface area contributed by atoms with Crippen LogP contribution >= 0.6 is 11.6 Å². The summed E-state index contributed by atoms with van der Waals surface area (Å²) in [5, 5.41) is 10.5. The first-order chi connectivity index (χ1) is 6.60. The molecule has 0 saturated carbocycles. The summed E-state index contributed by atoms with van der Waals surface area (Å²) in [6.07, 6.45) is 0. The van der Waals surface area contributed by atoms with E-state index in [1.807, 2.05) is 0 Å². The maximum atomic E-state index is 10.6. The van der Waals surface area contributed by atoms with Gasteiger partial charge in [0.25, 0.3) is 5.69 Å². The van der Waals surface area contributed by atoms with Gasteiger partial charge in [-0.3, -0.25) is 10.1 Å². The fourth-order valence-corrected chi connectivity index (χ4v) is 1.21. The Morgan fingerprint density at radius 1 is 1.36 bits per heavy atom. The molecule has 5 nitrogen and oxygen atoms in total. The van der Waals surface area contributed by atoms with E-state index in [1.165, 1.54) is 26.4 Å². The van der Waals surface area contributed by atoms with Crippen LogP contribution in [0.25, 0.3) is 0 Å². The van der Waals surface area contributed by atoms with Crippen LogP contribution in [-0.4, -0.2) is 19.1 Å². The van der Waals surface area contributed by atoms with Gasteiger partial charge in [-0.1, -0.05) is 11.6 Å². The zero-order chi connectivity index (χ0) is 10.7. The summed E-state index contributed by atoms with van der Waals surface area (Å²) in [7, 11) is 2.79. The lowest BCUT2D eigenvalue weighted by molar-refractivity contribution is -0.384. The van der Waals surface area contributed by atoms with Crippen molar-refractivity contribution < 1.29 is 14.4 Å². The number of benzene rings is 1. The van der Waals surface area contributed by atoms with Gasteiger partial charge in [-0.25, -0.2) is 0 Å². The summed E-state index contributed by atoms with van der Waals surface area (Å²) in [6.45, 7) is 0. The molecule has 0 atom stereocenters. The van der Waals surface area contributed by atoms with Gasteiger partial charge in [0.1, 0.15) is 11.5 Å². The minimum Gasteiger partial charge on any atom is -0.496 e. The van der Waals surface area contributed by atoms with Crippen LogP contribution in [0.2, 0.25) is 5.02 Å². The third-order valence-electron chi connectivity index (χ3n) is 1.65. The standard InChI is InChI=1S/C8H8ClNO4/c1-13-5-3-6(10(11)12)8(9)7(4-5)14-2/h3-4H,1-2H3. The van der Waals surface area contributed by atoms with E-state index in [0.717, 1.165) is 0 Å². The molecule has 0 radical (unpaired) electrons. The van der Waals surface area contributed by atoms with Crippen LogP contribution in [0.4, 0.5) is 5.69 Å². The van der Waals surface area contributed by atoms with Crippen molar-refractivity contribution in [3.8, 4) is 11.5 Å². The number of halogens is 1. The zero-order valence-electron chi connectivity index (χ0n) is 7.61. The van der Waals surface area contributed by atoms with Crippen molar-refractivity contribution in [2.24, 2.45) is 0 Å². The van der Waals surface area contributed by atoms with Crippen molar-refractivity contribution in [1.29, 1.82) is 0 Å². The average Bonchev–Trinajstić information content (AvgIpc) is 2.17. The van der Waals surface area contributed by atoms with Gasteiger partial charge in [0.15, 0.2) is 5.02 Å². The number of nitrogens with zero attached hydrogens (tertiary/aromatic N) is 1. The van der Waals surface area contributed by atoms with E-state index in [0.29, 0.717) is 5.75 Å². The molecule has 0 saturated heterocycles. The van der Waals surface area contributed by atoms with E-state index in [-0.39, 0.29) is 16.5 Å². The number of hydrogen-bond acceptors (Lipinski definition) is 4. The first kappa shape index (κ1) is 10.6. The molecule has 0 aliphatic heterocycles. The first-order valence-electron chi connectivity index (χ1n) is 3.66. The van der Waals surface area contributed by atoms with Crippen LogP contribution < -0.4 is 9.47 Å². The Balaban J connectivity index is 3.34. The fourth-order valence-electron chi connectivity index (χ4n) is 0.958. The Morgan fingerprint density at radius 3 is 2.43 bits per heavy atom. The highest BCUT2D eigenvalue weighted by Gasteiger charge is 2.18. The molecule has 0 aliphatic carbocycles. The maximum absolute atomic E-state index is 10.6. The van der Waals surface area contributed by atoms with Crippen LogP contribution in [0, 0.1) is 10.1 Å². The van der Waals surface area contributed by atoms with Crippen molar-refractivity contribution in [2.75, 3.05) is 14.2 Å². The van der Waals surface area contributed by atoms with Gasteiger partial charge < -0.3 is 9.47 Å². The van der Waals surface area contributed by atoms with Crippen molar-refractivity contribution in [3.05, 3.63) is 27.3 Å². The zero-order valence-corrected chi connectivity index (χ0v) is 8.37. The Kier molecular flexibility index (Phi) is 3.14. The predicted molar refractivity (Wildman–Crippen MR) is 51.2 cm³/mol. The average molecular weight is 218 g/mol. The third kappa shape index (κ3) is 1.88. The van der Waals surface area contributed by atoms with Crippen LogP contribution in [0.5, 0.6) is 11.5 Å². The smallest absolute Gasteiger partial charge is 0.295 e. The summed E-state index contributed by atoms with van der Waals surface area (Å²) in [4.78, 5) is 9.98. The minimum absolute atomic E-state index is 0.0294. The second-order valence-corrected chi connectivity index (χ2v) is 2.80. The van der Waals surface area contributed by atoms with Gasteiger partial charge in [-0.2, -0.15) is 0 Å². The van der Waals surface area contributed by atoms with Crippen molar-refractivity contribution in [3.63, 3.8) is 0 Å². The number of nitro benzene ring substituents is 1. The summed E-state index contributed by atoms with van der Waals surface area (Å²) in [5.74, 6) is 0.552. The van der Waals surface area contributed by atoms with Gasteiger partial charge in [-0.15, -0.1) is 0 Å². The number of ether oxygens (including phenoxy) is 2. The lowest BCUT2D eigenvalue weighted by Crippen LogP contribution is -1.94. The van der Waals surface area contributed by atoms with E-state index in [2.05, 4.69) is 0 Å². The molecule has 0 unspecified atom stereocenters. The van der Waals surface area contributed by atoms with E-state index in [4.69, 9.17) is 21.1 Å². The molecule has 1 aromatic rings. The highest BCUT2D eigenvalue weighted by molar-refractivity contribution is 6.34. The molecule has 0 bridgehead atoms. The number of methoxy groups -OCH3 is 2. The molecule has 14 heavy (non-hydrogen) atoms. The SMILES string of the molecule is COc1cc(OC)c(Cl)c([N+](=O)[O-])c1. The minimum atomic E-state index is -0.590. The second kappa shape index (κ2) is 4.15. The summed E-state index contributed by atoms with van der Waals surface area (Å²) in [5.41, 5.74) is -0.233. The van der Waals surface area contributed by atoms with Crippen LogP contribution in [0.3, 0.4) is 0 Å². The highest BCUT2D eigenvalue weighted by atomic mass is 35.5. The van der Waals surface area contributed by atoms with E-state index in [9.17, 15) is 10.1 Å². The third-order valence-corrected chi connectivity index (χ3v) is 2.03. The van der Waals surface area contributed by atoms with E-state index >= 15 is 0 Å². The molecule has 6 heteroatoms. The molecule has 0 N–H and O–H groups in total. The van der Waals surface area contributed by atoms with Gasteiger partial charge >= 0.3 is 0 Å². The van der Waals surface area contributed by atoms with Crippen molar-refractivity contribution >= 4 is 17.3 Å². The molecule has 0 aromatic heterocycles. The second-order valence-electron chi connectivity index (χ2n) is 2.42. The molecule has 76 valence electrons. The Labute approximate surface area is 85.3 Å². The van der Waals surface area contributed by atoms with Crippen LogP contribution in [0.15, 0.2) is 12.1 Å². The topological polar surface area (TPSA) is 61.6 Å². The predicted octanol–water partition coefficient (Wildman–Crippen LogP) is 2.27. The molecular weight excluding hydrogens is 210 g/mol. The highest BCUT2D eigenvalue weighted by Crippen LogP contribution is 2.37. The van der Waals surface area contributed by atoms with E-state index in [1.54, 1.807) is 0 Å². The number of rotatable bonds is 3. The molecule has 0 amide bonds. The van der Waals surface area contributed by atoms with E-state index < -0.39 is 4.92 Å². The number of nitro groups is 1. The normalized spacial score (nSPS) is 9.64. The van der Waals surface area contributed by atoms with Crippen LogP contribution in [-0.2, 0) is 0 Å². The molecule has 1 rings (SSSR count). The van der Waals surface area contributed by atoms with Crippen LogP contribution in [0.1, 0.15) is 0 Å². The monoisotopic (exact) mass is 217 g/mol. The molecular formula is C8H8ClNO4. The van der Waals surface area contributed by atoms with Gasteiger partial charge in [0.05, 0.1) is 25.2 Å². The Hall–Kier alpha value is -1.49. The Bertz CT molecular complexity index is 367. The largest absolute Gasteiger partial charge is 0.496 e. The lowest BCUT2D eigenvalue weighted by Gasteiger charge is -2.06. The lowest BCUT2D eigenvalue weighted by atomic mass is 10.3. The van der Waals surface area contributed by atoms with Crippen molar-refractivity contribution in [1.82, 2.24) is 0 Å². The quantitative estimate of drug-likeness (QED) is 0.576. The first-order valence-corrected chi connectivity index (χ1v) is 4.04. The van der Waals surface area contributed by atoms with Gasteiger partial charge in [-0.05, 0) is 0 Å². The van der Waals surface area contributed by atoms with Crippen molar-refractivity contribution in [2.45, 2.75) is 0 Å². The molecule has 0 fully saturated rings. The molecule has 1 aromatic carbocycles. The summed E-state index contributed by atoms with van der Waals surface area (Å²) in [6, 6.07) is 2.72. The summed E-state index contributed by atoms with van der Waals surface area (Å²) < 4.78 is 9.72. The molecule has 0 aliphatic rings. The molecule has 0 heterocycles. The maximum Gasteiger partial charge on any atom is 0.295 e.